The zero-order chi connectivity index (χ0) is 15.7. The SMILES string of the molecule is Cc1csc2c(C(=O)NCCN3CCCS3(=O)=O)ncnc12. The molecule has 22 heavy (non-hydrogen) atoms. The normalized spacial score (nSPS) is 17.9. The van der Waals surface area contributed by atoms with Gasteiger partial charge < -0.3 is 5.32 Å². The van der Waals surface area contributed by atoms with Crippen LogP contribution in [0.15, 0.2) is 11.7 Å². The van der Waals surface area contributed by atoms with Gasteiger partial charge in [0.1, 0.15) is 12.0 Å². The highest BCUT2D eigenvalue weighted by atomic mass is 32.2. The average Bonchev–Trinajstić information content (AvgIpc) is 3.02. The molecule has 3 rings (SSSR count). The molecule has 9 heteroatoms. The van der Waals surface area contributed by atoms with Crippen molar-refractivity contribution in [2.24, 2.45) is 0 Å². The second-order valence-electron chi connectivity index (χ2n) is 5.14. The quantitative estimate of drug-likeness (QED) is 0.887. The Bertz CT molecular complexity index is 816. The van der Waals surface area contributed by atoms with Gasteiger partial charge in [0.2, 0.25) is 10.0 Å². The lowest BCUT2D eigenvalue weighted by Gasteiger charge is -2.14. The maximum Gasteiger partial charge on any atom is 0.271 e. The van der Waals surface area contributed by atoms with Gasteiger partial charge in [-0.05, 0) is 24.3 Å². The minimum Gasteiger partial charge on any atom is -0.349 e. The highest BCUT2D eigenvalue weighted by Gasteiger charge is 2.27. The largest absolute Gasteiger partial charge is 0.349 e. The van der Waals surface area contributed by atoms with Crippen molar-refractivity contribution in [2.75, 3.05) is 25.4 Å². The average molecular weight is 340 g/mol. The molecule has 118 valence electrons. The zero-order valence-electron chi connectivity index (χ0n) is 12.1. The summed E-state index contributed by atoms with van der Waals surface area (Å²) in [5, 5.41) is 4.67. The number of thiophene rings is 1. The summed E-state index contributed by atoms with van der Waals surface area (Å²) in [6, 6.07) is 0. The molecule has 1 aliphatic rings. The Balaban J connectivity index is 1.67. The van der Waals surface area contributed by atoms with Crippen LogP contribution in [0.3, 0.4) is 0 Å². The van der Waals surface area contributed by atoms with E-state index < -0.39 is 10.0 Å². The van der Waals surface area contributed by atoms with E-state index in [1.807, 2.05) is 12.3 Å². The lowest BCUT2D eigenvalue weighted by Crippen LogP contribution is -2.36. The van der Waals surface area contributed by atoms with Gasteiger partial charge in [0, 0.05) is 19.6 Å². The highest BCUT2D eigenvalue weighted by molar-refractivity contribution is 7.89. The molecule has 1 N–H and O–H groups in total. The van der Waals surface area contributed by atoms with Crippen molar-refractivity contribution < 1.29 is 13.2 Å². The molecule has 0 radical (unpaired) electrons. The van der Waals surface area contributed by atoms with Crippen LogP contribution in [0.4, 0.5) is 0 Å². The number of sulfonamides is 1. The van der Waals surface area contributed by atoms with Crippen LogP contribution in [0, 0.1) is 6.92 Å². The Kier molecular flexibility index (Phi) is 4.11. The molecule has 0 unspecified atom stereocenters. The van der Waals surface area contributed by atoms with Crippen LogP contribution in [-0.4, -0.2) is 54.0 Å². The van der Waals surface area contributed by atoms with Crippen molar-refractivity contribution in [3.05, 3.63) is 23.0 Å². The third kappa shape index (κ3) is 2.83. The monoisotopic (exact) mass is 340 g/mol. The van der Waals surface area contributed by atoms with E-state index in [1.54, 1.807) is 0 Å². The molecule has 0 spiro atoms. The number of nitrogens with zero attached hydrogens (tertiary/aromatic N) is 3. The summed E-state index contributed by atoms with van der Waals surface area (Å²) in [7, 11) is -3.12. The van der Waals surface area contributed by atoms with Gasteiger partial charge in [0.05, 0.1) is 16.0 Å². The maximum atomic E-state index is 12.2. The van der Waals surface area contributed by atoms with E-state index in [9.17, 15) is 13.2 Å². The first-order chi connectivity index (χ1) is 10.5. The van der Waals surface area contributed by atoms with Crippen molar-refractivity contribution in [2.45, 2.75) is 13.3 Å². The number of carbonyl (C=O) groups is 1. The Morgan fingerprint density at radius 1 is 1.45 bits per heavy atom. The first-order valence-corrected chi connectivity index (χ1v) is 9.43. The summed E-state index contributed by atoms with van der Waals surface area (Å²) in [5.41, 5.74) is 2.14. The highest BCUT2D eigenvalue weighted by Crippen LogP contribution is 2.25. The molecule has 3 heterocycles. The van der Waals surface area contributed by atoms with Crippen LogP contribution < -0.4 is 5.32 Å². The van der Waals surface area contributed by atoms with Gasteiger partial charge in [-0.2, -0.15) is 0 Å². The van der Waals surface area contributed by atoms with Gasteiger partial charge in [-0.3, -0.25) is 4.79 Å². The van der Waals surface area contributed by atoms with Gasteiger partial charge in [0.25, 0.3) is 5.91 Å². The van der Waals surface area contributed by atoms with Crippen molar-refractivity contribution in [3.8, 4) is 0 Å². The van der Waals surface area contributed by atoms with E-state index in [4.69, 9.17) is 0 Å². The molecule has 1 aliphatic heterocycles. The molecule has 0 saturated carbocycles. The van der Waals surface area contributed by atoms with Crippen molar-refractivity contribution in [3.63, 3.8) is 0 Å². The van der Waals surface area contributed by atoms with Crippen LogP contribution in [-0.2, 0) is 10.0 Å². The number of carbonyl (C=O) groups excluding carboxylic acids is 1. The zero-order valence-corrected chi connectivity index (χ0v) is 13.7. The predicted octanol–water partition coefficient (Wildman–Crippen LogP) is 0.765. The smallest absolute Gasteiger partial charge is 0.271 e. The lowest BCUT2D eigenvalue weighted by molar-refractivity contribution is 0.0948. The lowest BCUT2D eigenvalue weighted by atomic mass is 10.2. The maximum absolute atomic E-state index is 12.2. The van der Waals surface area contributed by atoms with Gasteiger partial charge in [-0.15, -0.1) is 11.3 Å². The molecular weight excluding hydrogens is 324 g/mol. The number of nitrogens with one attached hydrogen (secondary N) is 1. The fraction of sp³-hybridized carbons (Fsp3) is 0.462. The molecule has 1 amide bonds. The Morgan fingerprint density at radius 3 is 3.00 bits per heavy atom. The minimum absolute atomic E-state index is 0.196. The van der Waals surface area contributed by atoms with Crippen LogP contribution in [0.5, 0.6) is 0 Å². The van der Waals surface area contributed by atoms with Crippen LogP contribution in [0.1, 0.15) is 22.5 Å². The second kappa shape index (κ2) is 5.90. The summed E-state index contributed by atoms with van der Waals surface area (Å²) in [4.78, 5) is 20.5. The molecule has 0 aromatic carbocycles. The predicted molar refractivity (Wildman–Crippen MR) is 84.5 cm³/mol. The van der Waals surface area contributed by atoms with Crippen molar-refractivity contribution in [1.82, 2.24) is 19.6 Å². The first kappa shape index (κ1) is 15.3. The number of rotatable bonds is 4. The summed E-state index contributed by atoms with van der Waals surface area (Å²) in [6.45, 7) is 3.03. The van der Waals surface area contributed by atoms with E-state index in [-0.39, 0.29) is 18.2 Å². The number of aromatic nitrogens is 2. The fourth-order valence-corrected chi connectivity index (χ4v) is 4.97. The number of hydrogen-bond donors (Lipinski definition) is 1. The van der Waals surface area contributed by atoms with E-state index in [0.717, 1.165) is 15.8 Å². The van der Waals surface area contributed by atoms with Gasteiger partial charge in [-0.25, -0.2) is 22.7 Å². The van der Waals surface area contributed by atoms with E-state index in [0.29, 0.717) is 25.2 Å². The van der Waals surface area contributed by atoms with E-state index in [2.05, 4.69) is 15.3 Å². The molecule has 2 aromatic rings. The Morgan fingerprint density at radius 2 is 2.27 bits per heavy atom. The van der Waals surface area contributed by atoms with E-state index >= 15 is 0 Å². The van der Waals surface area contributed by atoms with E-state index in [1.165, 1.54) is 22.0 Å². The number of fused-ring (bicyclic) bond motifs is 1. The summed E-state index contributed by atoms with van der Waals surface area (Å²) < 4.78 is 25.5. The van der Waals surface area contributed by atoms with Crippen molar-refractivity contribution >= 4 is 37.5 Å². The Hall–Kier alpha value is -1.58. The van der Waals surface area contributed by atoms with Crippen LogP contribution in [0.25, 0.3) is 10.2 Å². The standard InChI is InChI=1S/C13H16N4O3S2/c1-9-7-21-12-10(9)15-8-16-11(12)13(18)14-3-5-17-4-2-6-22(17,19)20/h7-8H,2-6H2,1H3,(H,14,18). The van der Waals surface area contributed by atoms with Crippen LogP contribution in [0.2, 0.25) is 0 Å². The van der Waals surface area contributed by atoms with Gasteiger partial charge in [0.15, 0.2) is 0 Å². The molecular formula is C13H16N4O3S2. The number of hydrogen-bond acceptors (Lipinski definition) is 6. The molecule has 2 aromatic heterocycles. The topological polar surface area (TPSA) is 92.3 Å². The first-order valence-electron chi connectivity index (χ1n) is 6.94. The Labute approximate surface area is 132 Å². The summed E-state index contributed by atoms with van der Waals surface area (Å²) in [5.74, 6) is -0.104. The summed E-state index contributed by atoms with van der Waals surface area (Å²) >= 11 is 1.44. The third-order valence-electron chi connectivity index (χ3n) is 3.60. The number of aryl methyl sites for hydroxylation is 1. The summed E-state index contributed by atoms with van der Waals surface area (Å²) in [6.07, 6.45) is 2.03. The van der Waals surface area contributed by atoms with Crippen LogP contribution >= 0.6 is 11.3 Å². The molecule has 0 bridgehead atoms. The molecule has 0 atom stereocenters. The molecule has 1 fully saturated rings. The number of amides is 1. The van der Waals surface area contributed by atoms with Gasteiger partial charge in [-0.1, -0.05) is 0 Å². The molecule has 0 aliphatic carbocycles. The van der Waals surface area contributed by atoms with Gasteiger partial charge >= 0.3 is 0 Å². The minimum atomic E-state index is -3.12. The molecule has 1 saturated heterocycles. The van der Waals surface area contributed by atoms with Crippen molar-refractivity contribution in [1.29, 1.82) is 0 Å². The third-order valence-corrected chi connectivity index (χ3v) is 6.65. The second-order valence-corrected chi connectivity index (χ2v) is 8.11. The molecule has 7 nitrogen and oxygen atoms in total. The fourth-order valence-electron chi connectivity index (χ4n) is 2.45.